The van der Waals surface area contributed by atoms with Crippen molar-refractivity contribution >= 4 is 11.8 Å². The highest BCUT2D eigenvalue weighted by Gasteiger charge is 2.17. The molecular weight excluding hydrogens is 178 g/mol. The minimum atomic E-state index is 0.727. The van der Waals surface area contributed by atoms with Crippen LogP contribution < -0.4 is 5.32 Å². The summed E-state index contributed by atoms with van der Waals surface area (Å²) in [6.07, 6.45) is 3.90. The lowest BCUT2D eigenvalue weighted by molar-refractivity contribution is 0.466. The summed E-state index contributed by atoms with van der Waals surface area (Å²) in [5, 5.41) is 4.41. The molecule has 2 heteroatoms. The molecule has 2 atom stereocenters. The van der Waals surface area contributed by atoms with Crippen molar-refractivity contribution in [2.75, 3.05) is 12.3 Å². The minimum absolute atomic E-state index is 0.727. The lowest BCUT2D eigenvalue weighted by Gasteiger charge is -2.25. The zero-order valence-corrected chi connectivity index (χ0v) is 10.4. The molecule has 2 unspecified atom stereocenters. The van der Waals surface area contributed by atoms with Crippen molar-refractivity contribution in [2.45, 2.75) is 58.2 Å². The zero-order chi connectivity index (χ0) is 10.1. The molecule has 0 aromatic carbocycles. The molecule has 0 aliphatic heterocycles. The molecule has 0 spiro atoms. The first-order chi connectivity index (χ1) is 6.29. The average molecular weight is 203 g/mol. The van der Waals surface area contributed by atoms with Crippen LogP contribution in [0.3, 0.4) is 0 Å². The fourth-order valence-electron chi connectivity index (χ4n) is 1.73. The third-order valence-corrected chi connectivity index (χ3v) is 3.72. The monoisotopic (exact) mass is 203 g/mol. The normalized spacial score (nSPS) is 15.7. The van der Waals surface area contributed by atoms with Gasteiger partial charge in [0.15, 0.2) is 0 Å². The molecule has 0 saturated heterocycles. The Morgan fingerprint density at radius 2 is 1.85 bits per heavy atom. The van der Waals surface area contributed by atoms with Crippen LogP contribution in [0.4, 0.5) is 0 Å². The molecule has 0 aromatic rings. The van der Waals surface area contributed by atoms with Crippen LogP contribution in [0.15, 0.2) is 0 Å². The molecule has 13 heavy (non-hydrogen) atoms. The smallest absolute Gasteiger partial charge is 0.0198 e. The van der Waals surface area contributed by atoms with Crippen molar-refractivity contribution in [2.24, 2.45) is 0 Å². The van der Waals surface area contributed by atoms with E-state index >= 15 is 0 Å². The SMILES string of the molecule is CCCC(NCC)C(CC)SCC. The predicted octanol–water partition coefficient (Wildman–Crippen LogP) is 3.30. The second-order valence-electron chi connectivity index (χ2n) is 3.35. The second-order valence-corrected chi connectivity index (χ2v) is 4.87. The van der Waals surface area contributed by atoms with E-state index in [1.165, 1.54) is 25.0 Å². The number of hydrogen-bond donors (Lipinski definition) is 1. The molecule has 0 saturated carbocycles. The van der Waals surface area contributed by atoms with E-state index < -0.39 is 0 Å². The van der Waals surface area contributed by atoms with Crippen LogP contribution in [-0.4, -0.2) is 23.6 Å². The summed E-state index contributed by atoms with van der Waals surface area (Å²) >= 11 is 2.10. The van der Waals surface area contributed by atoms with E-state index in [4.69, 9.17) is 0 Å². The summed E-state index contributed by atoms with van der Waals surface area (Å²) in [4.78, 5) is 0. The van der Waals surface area contributed by atoms with Crippen LogP contribution in [0.5, 0.6) is 0 Å². The molecule has 1 N–H and O–H groups in total. The van der Waals surface area contributed by atoms with Crippen molar-refractivity contribution in [1.29, 1.82) is 0 Å². The molecule has 0 heterocycles. The Morgan fingerprint density at radius 1 is 1.15 bits per heavy atom. The molecule has 80 valence electrons. The Labute approximate surface area is 88.1 Å². The van der Waals surface area contributed by atoms with E-state index in [1.54, 1.807) is 0 Å². The Morgan fingerprint density at radius 3 is 2.23 bits per heavy atom. The Balaban J connectivity index is 3.94. The van der Waals surface area contributed by atoms with Crippen LogP contribution in [0, 0.1) is 0 Å². The third kappa shape index (κ3) is 5.58. The molecule has 1 nitrogen and oxygen atoms in total. The summed E-state index contributed by atoms with van der Waals surface area (Å²) in [6, 6.07) is 0.727. The van der Waals surface area contributed by atoms with Gasteiger partial charge in [-0.15, -0.1) is 0 Å². The maximum absolute atomic E-state index is 3.60. The average Bonchev–Trinajstić information content (AvgIpc) is 2.14. The van der Waals surface area contributed by atoms with E-state index in [1.807, 2.05) is 0 Å². The van der Waals surface area contributed by atoms with Crippen LogP contribution in [0.25, 0.3) is 0 Å². The molecule has 0 aromatic heterocycles. The van der Waals surface area contributed by atoms with Gasteiger partial charge in [-0.3, -0.25) is 0 Å². The highest BCUT2D eigenvalue weighted by Crippen LogP contribution is 2.20. The van der Waals surface area contributed by atoms with Gasteiger partial charge in [0.05, 0.1) is 0 Å². The largest absolute Gasteiger partial charge is 0.313 e. The number of rotatable bonds is 8. The van der Waals surface area contributed by atoms with Gasteiger partial charge in [0.2, 0.25) is 0 Å². The van der Waals surface area contributed by atoms with Crippen molar-refractivity contribution in [3.63, 3.8) is 0 Å². The summed E-state index contributed by atoms with van der Waals surface area (Å²) < 4.78 is 0. The third-order valence-electron chi connectivity index (χ3n) is 2.30. The van der Waals surface area contributed by atoms with Gasteiger partial charge in [-0.05, 0) is 25.1 Å². The van der Waals surface area contributed by atoms with Gasteiger partial charge >= 0.3 is 0 Å². The van der Waals surface area contributed by atoms with E-state index in [9.17, 15) is 0 Å². The van der Waals surface area contributed by atoms with Gasteiger partial charge < -0.3 is 5.32 Å². The topological polar surface area (TPSA) is 12.0 Å². The maximum Gasteiger partial charge on any atom is 0.0198 e. The van der Waals surface area contributed by atoms with Crippen LogP contribution in [-0.2, 0) is 0 Å². The van der Waals surface area contributed by atoms with Gasteiger partial charge in [-0.2, -0.15) is 11.8 Å². The quantitative estimate of drug-likeness (QED) is 0.649. The van der Waals surface area contributed by atoms with Gasteiger partial charge in [0, 0.05) is 11.3 Å². The van der Waals surface area contributed by atoms with E-state index in [2.05, 4.69) is 44.8 Å². The second kappa shape index (κ2) is 8.89. The van der Waals surface area contributed by atoms with E-state index in [0.717, 1.165) is 17.8 Å². The molecule has 0 fully saturated rings. The first kappa shape index (κ1) is 13.3. The molecule has 0 amide bonds. The highest BCUT2D eigenvalue weighted by atomic mass is 32.2. The number of thioether (sulfide) groups is 1. The standard InChI is InChI=1S/C11H25NS/c1-5-9-10(12-7-3)11(6-2)13-8-4/h10-12H,5-9H2,1-4H3. The molecule has 0 aliphatic rings. The lowest BCUT2D eigenvalue weighted by Crippen LogP contribution is -2.37. The molecular formula is C11H25NS. The minimum Gasteiger partial charge on any atom is -0.313 e. The maximum atomic E-state index is 3.60. The summed E-state index contributed by atoms with van der Waals surface area (Å²) in [6.45, 7) is 10.1. The first-order valence-corrected chi connectivity index (χ1v) is 6.69. The van der Waals surface area contributed by atoms with Crippen LogP contribution in [0.2, 0.25) is 0 Å². The molecule has 0 rings (SSSR count). The van der Waals surface area contributed by atoms with Crippen LogP contribution in [0.1, 0.15) is 47.0 Å². The van der Waals surface area contributed by atoms with E-state index in [-0.39, 0.29) is 0 Å². The van der Waals surface area contributed by atoms with E-state index in [0.29, 0.717) is 0 Å². The summed E-state index contributed by atoms with van der Waals surface area (Å²) in [7, 11) is 0. The number of hydrogen-bond acceptors (Lipinski definition) is 2. The highest BCUT2D eigenvalue weighted by molar-refractivity contribution is 7.99. The predicted molar refractivity (Wildman–Crippen MR) is 64.6 cm³/mol. The Hall–Kier alpha value is 0.310. The lowest BCUT2D eigenvalue weighted by atomic mass is 10.1. The van der Waals surface area contributed by atoms with Gasteiger partial charge in [-0.1, -0.05) is 34.1 Å². The summed E-state index contributed by atoms with van der Waals surface area (Å²) in [5.41, 5.74) is 0. The number of nitrogens with one attached hydrogen (secondary N) is 1. The summed E-state index contributed by atoms with van der Waals surface area (Å²) in [5.74, 6) is 1.24. The zero-order valence-electron chi connectivity index (χ0n) is 9.60. The van der Waals surface area contributed by atoms with Gasteiger partial charge in [0.1, 0.15) is 0 Å². The molecule has 0 bridgehead atoms. The fourth-order valence-corrected chi connectivity index (χ4v) is 2.85. The van der Waals surface area contributed by atoms with Crippen LogP contribution >= 0.6 is 11.8 Å². The Kier molecular flexibility index (Phi) is 9.10. The molecule has 0 aliphatic carbocycles. The fraction of sp³-hybridized carbons (Fsp3) is 1.00. The van der Waals surface area contributed by atoms with Crippen molar-refractivity contribution in [3.8, 4) is 0 Å². The van der Waals surface area contributed by atoms with Crippen molar-refractivity contribution < 1.29 is 0 Å². The van der Waals surface area contributed by atoms with Gasteiger partial charge in [-0.25, -0.2) is 0 Å². The molecule has 0 radical (unpaired) electrons. The van der Waals surface area contributed by atoms with Crippen molar-refractivity contribution in [3.05, 3.63) is 0 Å². The first-order valence-electron chi connectivity index (χ1n) is 5.64. The Bertz CT molecular complexity index is 100. The van der Waals surface area contributed by atoms with Gasteiger partial charge in [0.25, 0.3) is 0 Å². The van der Waals surface area contributed by atoms with Crippen molar-refractivity contribution in [1.82, 2.24) is 5.32 Å².